The third kappa shape index (κ3) is 4.84. The van der Waals surface area contributed by atoms with Crippen LogP contribution in [0.1, 0.15) is 25.8 Å². The first-order valence-corrected chi connectivity index (χ1v) is 10.1. The van der Waals surface area contributed by atoms with Gasteiger partial charge in [0.25, 0.3) is 0 Å². The zero-order valence-electron chi connectivity index (χ0n) is 17.7. The lowest BCUT2D eigenvalue weighted by Gasteiger charge is -2.36. The molecule has 8 heteroatoms. The standard InChI is InChI=1S/C24H23ClF3NO3/c1-22(2,19-10-7-16(25)12-21(19)32-3)13-23(31,24(26,27)28)14-29-20-6-4-5-15-11-17(30)8-9-18(15)20/h4-12,14,30-31H,13H2,1-3H3/b29-14+. The zero-order valence-corrected chi connectivity index (χ0v) is 18.5. The fourth-order valence-electron chi connectivity index (χ4n) is 3.76. The Labute approximate surface area is 188 Å². The largest absolute Gasteiger partial charge is 0.508 e. The summed E-state index contributed by atoms with van der Waals surface area (Å²) in [5.41, 5.74) is -3.63. The zero-order chi connectivity index (χ0) is 23.7. The highest BCUT2D eigenvalue weighted by atomic mass is 35.5. The molecule has 3 aromatic carbocycles. The second-order valence-corrected chi connectivity index (χ2v) is 8.70. The molecule has 1 atom stereocenters. The van der Waals surface area contributed by atoms with Crippen LogP contribution >= 0.6 is 11.6 Å². The Morgan fingerprint density at radius 3 is 2.44 bits per heavy atom. The third-order valence-corrected chi connectivity index (χ3v) is 5.59. The normalized spacial score (nSPS) is 14.6. The number of hydrogen-bond acceptors (Lipinski definition) is 4. The lowest BCUT2D eigenvalue weighted by atomic mass is 9.75. The van der Waals surface area contributed by atoms with E-state index < -0.39 is 23.6 Å². The maximum atomic E-state index is 14.0. The predicted molar refractivity (Wildman–Crippen MR) is 120 cm³/mol. The number of hydrogen-bond donors (Lipinski definition) is 2. The third-order valence-electron chi connectivity index (χ3n) is 5.35. The van der Waals surface area contributed by atoms with Crippen LogP contribution in [0.2, 0.25) is 5.02 Å². The van der Waals surface area contributed by atoms with Crippen LogP contribution in [0.5, 0.6) is 11.5 Å². The molecule has 0 radical (unpaired) electrons. The van der Waals surface area contributed by atoms with Gasteiger partial charge in [-0.1, -0.05) is 43.6 Å². The number of aliphatic hydroxyl groups is 1. The number of rotatable bonds is 6. The Morgan fingerprint density at radius 2 is 1.78 bits per heavy atom. The van der Waals surface area contributed by atoms with Gasteiger partial charge in [-0.3, -0.25) is 4.99 Å². The number of fused-ring (bicyclic) bond motifs is 1. The first-order chi connectivity index (χ1) is 14.9. The minimum atomic E-state index is -4.98. The average Bonchev–Trinajstić information content (AvgIpc) is 2.70. The van der Waals surface area contributed by atoms with Crippen LogP contribution in [0.4, 0.5) is 18.9 Å². The highest BCUT2D eigenvalue weighted by Gasteiger charge is 2.55. The van der Waals surface area contributed by atoms with Gasteiger partial charge < -0.3 is 14.9 Å². The number of ether oxygens (including phenoxy) is 1. The molecular weight excluding hydrogens is 443 g/mol. The summed E-state index contributed by atoms with van der Waals surface area (Å²) in [5, 5.41) is 21.9. The minimum Gasteiger partial charge on any atom is -0.508 e. The molecule has 3 aromatic rings. The predicted octanol–water partition coefficient (Wildman–Crippen LogP) is 6.57. The van der Waals surface area contributed by atoms with Crippen LogP contribution < -0.4 is 4.74 Å². The van der Waals surface area contributed by atoms with Crippen molar-refractivity contribution in [2.24, 2.45) is 4.99 Å². The summed E-state index contributed by atoms with van der Waals surface area (Å²) >= 11 is 5.98. The second kappa shape index (κ2) is 8.64. The van der Waals surface area contributed by atoms with Gasteiger partial charge in [-0.15, -0.1) is 0 Å². The van der Waals surface area contributed by atoms with Crippen molar-refractivity contribution in [1.82, 2.24) is 0 Å². The number of alkyl halides is 3. The molecule has 0 aliphatic heterocycles. The SMILES string of the molecule is COc1cc(Cl)ccc1C(C)(C)CC(O)(/C=N/c1cccc2cc(O)ccc12)C(F)(F)F. The molecule has 0 aromatic heterocycles. The summed E-state index contributed by atoms with van der Waals surface area (Å²) < 4.78 is 47.4. The van der Waals surface area contributed by atoms with Crippen LogP contribution in [0.15, 0.2) is 59.6 Å². The average molecular weight is 466 g/mol. The first-order valence-electron chi connectivity index (χ1n) is 9.76. The van der Waals surface area contributed by atoms with Gasteiger partial charge >= 0.3 is 6.18 Å². The van der Waals surface area contributed by atoms with Crippen molar-refractivity contribution in [2.45, 2.75) is 37.5 Å². The number of phenolic OH excluding ortho intramolecular Hbond substituents is 1. The monoisotopic (exact) mass is 465 g/mol. The van der Waals surface area contributed by atoms with Gasteiger partial charge in [0.1, 0.15) is 11.5 Å². The molecule has 0 saturated carbocycles. The van der Waals surface area contributed by atoms with Crippen molar-refractivity contribution in [2.75, 3.05) is 7.11 Å². The summed E-state index contributed by atoms with van der Waals surface area (Å²) in [6.07, 6.45) is -5.13. The van der Waals surface area contributed by atoms with E-state index in [0.29, 0.717) is 33.3 Å². The van der Waals surface area contributed by atoms with Crippen molar-refractivity contribution >= 4 is 34.3 Å². The summed E-state index contributed by atoms with van der Waals surface area (Å²) in [6, 6.07) is 14.0. The molecule has 0 fully saturated rings. The van der Waals surface area contributed by atoms with Crippen molar-refractivity contribution in [3.8, 4) is 11.5 Å². The molecule has 0 saturated heterocycles. The Balaban J connectivity index is 2.03. The number of phenols is 1. The fourth-order valence-corrected chi connectivity index (χ4v) is 3.92. The number of benzene rings is 3. The highest BCUT2D eigenvalue weighted by molar-refractivity contribution is 6.30. The number of halogens is 4. The van der Waals surface area contributed by atoms with E-state index in [9.17, 15) is 23.4 Å². The molecule has 4 nitrogen and oxygen atoms in total. The van der Waals surface area contributed by atoms with Crippen molar-refractivity contribution in [1.29, 1.82) is 0 Å². The number of aromatic hydroxyl groups is 1. The lowest BCUT2D eigenvalue weighted by Crippen LogP contribution is -2.50. The Kier molecular flexibility index (Phi) is 6.45. The summed E-state index contributed by atoms with van der Waals surface area (Å²) in [6.45, 7) is 3.17. The molecule has 0 bridgehead atoms. The fraction of sp³-hybridized carbons (Fsp3) is 0.292. The van der Waals surface area contributed by atoms with Crippen LogP contribution in [-0.4, -0.2) is 35.3 Å². The van der Waals surface area contributed by atoms with E-state index in [0.717, 1.165) is 0 Å². The Morgan fingerprint density at radius 1 is 1.06 bits per heavy atom. The van der Waals surface area contributed by atoms with Gasteiger partial charge in [-0.25, -0.2) is 0 Å². The van der Waals surface area contributed by atoms with Crippen molar-refractivity contribution in [3.63, 3.8) is 0 Å². The Hall–Kier alpha value is -2.77. The quantitative estimate of drug-likeness (QED) is 0.405. The maximum Gasteiger partial charge on any atom is 0.422 e. The number of aliphatic imine (C=N–C) groups is 1. The van der Waals surface area contributed by atoms with Gasteiger partial charge in [0.2, 0.25) is 0 Å². The molecule has 0 heterocycles. The number of nitrogens with zero attached hydrogens (tertiary/aromatic N) is 1. The van der Waals surface area contributed by atoms with E-state index in [2.05, 4.69) is 4.99 Å². The van der Waals surface area contributed by atoms with Gasteiger partial charge in [0, 0.05) is 16.6 Å². The van der Waals surface area contributed by atoms with Gasteiger partial charge in [-0.05, 0) is 59.2 Å². The van der Waals surface area contributed by atoms with E-state index in [1.54, 1.807) is 50.2 Å². The molecule has 1 unspecified atom stereocenters. The van der Waals surface area contributed by atoms with Gasteiger partial charge in [0.15, 0.2) is 5.60 Å². The molecule has 0 aliphatic rings. The van der Waals surface area contributed by atoms with Gasteiger partial charge in [0.05, 0.1) is 12.8 Å². The molecule has 0 amide bonds. The Bertz CT molecular complexity index is 1160. The van der Waals surface area contributed by atoms with E-state index in [1.165, 1.54) is 25.3 Å². The second-order valence-electron chi connectivity index (χ2n) is 8.27. The highest BCUT2D eigenvalue weighted by Crippen LogP contribution is 2.43. The summed E-state index contributed by atoms with van der Waals surface area (Å²) in [4.78, 5) is 4.01. The van der Waals surface area contributed by atoms with E-state index in [1.807, 2.05) is 0 Å². The van der Waals surface area contributed by atoms with E-state index in [-0.39, 0.29) is 11.4 Å². The maximum absolute atomic E-state index is 14.0. The van der Waals surface area contributed by atoms with E-state index in [4.69, 9.17) is 16.3 Å². The smallest absolute Gasteiger partial charge is 0.422 e. The molecular formula is C24H23ClF3NO3. The summed E-state index contributed by atoms with van der Waals surface area (Å²) in [7, 11) is 1.40. The first kappa shape index (κ1) is 23.9. The van der Waals surface area contributed by atoms with Crippen molar-refractivity contribution in [3.05, 3.63) is 65.2 Å². The van der Waals surface area contributed by atoms with Crippen molar-refractivity contribution < 1.29 is 28.1 Å². The summed E-state index contributed by atoms with van der Waals surface area (Å²) in [5.74, 6) is 0.363. The molecule has 2 N–H and O–H groups in total. The van der Waals surface area contributed by atoms with E-state index >= 15 is 0 Å². The number of methoxy groups -OCH3 is 1. The lowest BCUT2D eigenvalue weighted by molar-refractivity contribution is -0.234. The molecule has 0 spiro atoms. The van der Waals surface area contributed by atoms with Gasteiger partial charge in [-0.2, -0.15) is 13.2 Å². The van der Waals surface area contributed by atoms with Crippen LogP contribution in [0, 0.1) is 0 Å². The van der Waals surface area contributed by atoms with Crippen LogP contribution in [0.25, 0.3) is 10.8 Å². The van der Waals surface area contributed by atoms with Crippen LogP contribution in [0.3, 0.4) is 0 Å². The molecule has 0 aliphatic carbocycles. The molecule has 3 rings (SSSR count). The van der Waals surface area contributed by atoms with Crippen LogP contribution in [-0.2, 0) is 5.41 Å². The molecule has 170 valence electrons. The topological polar surface area (TPSA) is 62.0 Å². The molecule has 32 heavy (non-hydrogen) atoms. The minimum absolute atomic E-state index is 0.0316.